The average molecular weight is 206 g/mol. The molecule has 1 atom stereocenters. The minimum Gasteiger partial charge on any atom is -0.481 e. The van der Waals surface area contributed by atoms with Gasteiger partial charge in [0.05, 0.1) is 12.1 Å². The van der Waals surface area contributed by atoms with Crippen LogP contribution in [0.1, 0.15) is 18.2 Å². The van der Waals surface area contributed by atoms with Gasteiger partial charge < -0.3 is 14.6 Å². The van der Waals surface area contributed by atoms with Crippen LogP contribution in [0, 0.1) is 0 Å². The molecule has 2 aromatic heterocycles. The number of nitrogens with zero attached hydrogens (tertiary/aromatic N) is 2. The molecule has 2 aromatic rings. The lowest BCUT2D eigenvalue weighted by Crippen LogP contribution is -2.05. The molecule has 0 aliphatic rings. The lowest BCUT2D eigenvalue weighted by Gasteiger charge is -2.01. The average Bonchev–Trinajstić information content (AvgIpc) is 2.59. The summed E-state index contributed by atoms with van der Waals surface area (Å²) in [6.45, 7) is 0. The van der Waals surface area contributed by atoms with Crippen LogP contribution >= 0.6 is 0 Å². The number of hydrogen-bond acceptors (Lipinski definition) is 3. The van der Waals surface area contributed by atoms with Gasteiger partial charge in [-0.05, 0) is 12.1 Å². The molecule has 2 rings (SSSR count). The summed E-state index contributed by atoms with van der Waals surface area (Å²) < 4.78 is 1.74. The third-order valence-electron chi connectivity index (χ3n) is 2.09. The highest BCUT2D eigenvalue weighted by atomic mass is 16.4. The Kier molecular flexibility index (Phi) is 2.39. The van der Waals surface area contributed by atoms with Crippen LogP contribution in [0.5, 0.6) is 0 Å². The lowest BCUT2D eigenvalue weighted by atomic mass is 10.2. The maximum absolute atomic E-state index is 10.4. The molecule has 0 bridgehead atoms. The number of imidazole rings is 1. The topological polar surface area (TPSA) is 74.8 Å². The quantitative estimate of drug-likeness (QED) is 0.780. The molecule has 5 heteroatoms. The molecule has 0 aliphatic carbocycles. The van der Waals surface area contributed by atoms with Crippen molar-refractivity contribution in [1.82, 2.24) is 9.38 Å². The number of carboxylic acid groups (broad SMARTS) is 1. The number of aliphatic carboxylic acids is 1. The highest BCUT2D eigenvalue weighted by Crippen LogP contribution is 2.16. The minimum absolute atomic E-state index is 0.329. The molecule has 78 valence electrons. The van der Waals surface area contributed by atoms with E-state index in [2.05, 4.69) is 4.98 Å². The molecule has 0 aromatic carbocycles. The van der Waals surface area contributed by atoms with Gasteiger partial charge in [-0.1, -0.05) is 6.07 Å². The van der Waals surface area contributed by atoms with Crippen molar-refractivity contribution in [2.75, 3.05) is 0 Å². The van der Waals surface area contributed by atoms with Gasteiger partial charge in [0, 0.05) is 12.4 Å². The number of carbonyl (C=O) groups is 1. The maximum Gasteiger partial charge on any atom is 0.306 e. The summed E-state index contributed by atoms with van der Waals surface area (Å²) in [6.07, 6.45) is 2.04. The molecule has 0 amide bonds. The summed E-state index contributed by atoms with van der Waals surface area (Å²) in [5.74, 6) is -1.04. The van der Waals surface area contributed by atoms with Crippen molar-refractivity contribution in [2.45, 2.75) is 12.5 Å². The van der Waals surface area contributed by atoms with Gasteiger partial charge in [-0.2, -0.15) is 0 Å². The number of aromatic nitrogens is 2. The zero-order valence-corrected chi connectivity index (χ0v) is 7.87. The fraction of sp³-hybridized carbons (Fsp3) is 0.200. The van der Waals surface area contributed by atoms with Crippen molar-refractivity contribution >= 4 is 11.6 Å². The van der Waals surface area contributed by atoms with Gasteiger partial charge in [0.25, 0.3) is 0 Å². The maximum atomic E-state index is 10.4. The Bertz CT molecular complexity index is 459. The second-order valence-corrected chi connectivity index (χ2v) is 3.25. The minimum atomic E-state index is -1.05. The first-order valence-electron chi connectivity index (χ1n) is 4.50. The molecule has 0 spiro atoms. The van der Waals surface area contributed by atoms with Crippen molar-refractivity contribution in [3.63, 3.8) is 0 Å². The van der Waals surface area contributed by atoms with Gasteiger partial charge in [0.1, 0.15) is 11.8 Å². The van der Waals surface area contributed by atoms with Crippen molar-refractivity contribution in [1.29, 1.82) is 0 Å². The van der Waals surface area contributed by atoms with Gasteiger partial charge in [0.15, 0.2) is 0 Å². The van der Waals surface area contributed by atoms with Gasteiger partial charge in [-0.25, -0.2) is 4.98 Å². The Balaban J connectivity index is 2.32. The predicted molar refractivity (Wildman–Crippen MR) is 52.4 cm³/mol. The summed E-state index contributed by atoms with van der Waals surface area (Å²) in [5, 5.41) is 18.1. The summed E-state index contributed by atoms with van der Waals surface area (Å²) in [4.78, 5) is 14.5. The number of carboxylic acids is 1. The molecule has 0 radical (unpaired) electrons. The van der Waals surface area contributed by atoms with Gasteiger partial charge in [-0.15, -0.1) is 0 Å². The Morgan fingerprint density at radius 2 is 2.33 bits per heavy atom. The van der Waals surface area contributed by atoms with E-state index in [1.807, 2.05) is 12.1 Å². The molecule has 0 saturated heterocycles. The molecule has 5 nitrogen and oxygen atoms in total. The lowest BCUT2D eigenvalue weighted by molar-refractivity contribution is -0.139. The van der Waals surface area contributed by atoms with E-state index >= 15 is 0 Å². The molecule has 15 heavy (non-hydrogen) atoms. The van der Waals surface area contributed by atoms with Gasteiger partial charge in [-0.3, -0.25) is 4.79 Å². The van der Waals surface area contributed by atoms with E-state index < -0.39 is 12.1 Å². The highest BCUT2D eigenvalue weighted by Gasteiger charge is 2.15. The van der Waals surface area contributed by atoms with E-state index in [0.717, 1.165) is 0 Å². The Labute approximate surface area is 85.6 Å². The molecule has 1 unspecified atom stereocenters. The van der Waals surface area contributed by atoms with Crippen LogP contribution in [0.4, 0.5) is 0 Å². The van der Waals surface area contributed by atoms with Crippen LogP contribution < -0.4 is 0 Å². The van der Waals surface area contributed by atoms with Crippen molar-refractivity contribution in [2.24, 2.45) is 0 Å². The number of pyridine rings is 1. The van der Waals surface area contributed by atoms with Crippen molar-refractivity contribution in [3.05, 3.63) is 36.3 Å². The van der Waals surface area contributed by atoms with E-state index in [-0.39, 0.29) is 6.42 Å². The summed E-state index contributed by atoms with van der Waals surface area (Å²) in [5.41, 5.74) is 1.07. The van der Waals surface area contributed by atoms with Gasteiger partial charge >= 0.3 is 5.97 Å². The molecule has 0 aliphatic heterocycles. The summed E-state index contributed by atoms with van der Waals surface area (Å²) >= 11 is 0. The SMILES string of the molecule is O=C(O)CC(O)c1cn2ccccc2n1. The number of aliphatic hydroxyl groups excluding tert-OH is 1. The fourth-order valence-corrected chi connectivity index (χ4v) is 1.38. The monoisotopic (exact) mass is 206 g/mol. The standard InChI is InChI=1S/C10H10N2O3/c13-8(5-10(14)15)7-6-12-4-2-1-3-9(12)11-7/h1-4,6,8,13H,5H2,(H,14,15). The zero-order valence-electron chi connectivity index (χ0n) is 7.87. The largest absolute Gasteiger partial charge is 0.481 e. The Hall–Kier alpha value is -1.88. The van der Waals surface area contributed by atoms with Crippen LogP contribution in [0.15, 0.2) is 30.6 Å². The molecular weight excluding hydrogens is 196 g/mol. The van der Waals surface area contributed by atoms with E-state index in [4.69, 9.17) is 5.11 Å². The second kappa shape index (κ2) is 3.70. The zero-order chi connectivity index (χ0) is 10.8. The predicted octanol–water partition coefficient (Wildman–Crippen LogP) is 0.842. The summed E-state index contributed by atoms with van der Waals surface area (Å²) in [6, 6.07) is 5.45. The molecule has 0 fully saturated rings. The van der Waals surface area contributed by atoms with Crippen molar-refractivity contribution < 1.29 is 15.0 Å². The Morgan fingerprint density at radius 1 is 1.53 bits per heavy atom. The molecule has 2 heterocycles. The van der Waals surface area contributed by atoms with Crippen LogP contribution in [0.25, 0.3) is 5.65 Å². The van der Waals surface area contributed by atoms with Crippen molar-refractivity contribution in [3.8, 4) is 0 Å². The highest BCUT2D eigenvalue weighted by molar-refractivity contribution is 5.67. The second-order valence-electron chi connectivity index (χ2n) is 3.25. The molecule has 0 saturated carbocycles. The number of rotatable bonds is 3. The van der Waals surface area contributed by atoms with E-state index in [0.29, 0.717) is 11.3 Å². The third-order valence-corrected chi connectivity index (χ3v) is 2.09. The van der Waals surface area contributed by atoms with Crippen LogP contribution in [-0.4, -0.2) is 25.6 Å². The number of aliphatic hydroxyl groups is 1. The first kappa shape index (κ1) is 9.67. The van der Waals surface area contributed by atoms with Crippen LogP contribution in [-0.2, 0) is 4.79 Å². The third kappa shape index (κ3) is 1.97. The molecular formula is C10H10N2O3. The number of hydrogen-bond donors (Lipinski definition) is 2. The smallest absolute Gasteiger partial charge is 0.306 e. The molecule has 2 N–H and O–H groups in total. The Morgan fingerprint density at radius 3 is 3.00 bits per heavy atom. The first-order chi connectivity index (χ1) is 7.16. The fourth-order valence-electron chi connectivity index (χ4n) is 1.38. The van der Waals surface area contributed by atoms with Crippen LogP contribution in [0.3, 0.4) is 0 Å². The van der Waals surface area contributed by atoms with E-state index in [9.17, 15) is 9.90 Å². The van der Waals surface area contributed by atoms with Crippen LogP contribution in [0.2, 0.25) is 0 Å². The normalized spacial score (nSPS) is 12.9. The summed E-state index contributed by atoms with van der Waals surface area (Å²) in [7, 11) is 0. The first-order valence-corrected chi connectivity index (χ1v) is 4.50. The van der Waals surface area contributed by atoms with E-state index in [1.165, 1.54) is 0 Å². The van der Waals surface area contributed by atoms with E-state index in [1.54, 1.807) is 22.9 Å². The number of fused-ring (bicyclic) bond motifs is 1. The van der Waals surface area contributed by atoms with Gasteiger partial charge in [0.2, 0.25) is 0 Å².